The van der Waals surface area contributed by atoms with E-state index in [1.54, 1.807) is 0 Å². The molecule has 0 bridgehead atoms. The first-order valence-electron chi connectivity index (χ1n) is 5.75. The van der Waals surface area contributed by atoms with Crippen molar-refractivity contribution in [2.75, 3.05) is 24.6 Å². The first-order valence-corrected chi connectivity index (χ1v) is 6.91. The Hall–Kier alpha value is -1.34. The maximum absolute atomic E-state index is 12.0. The van der Waals surface area contributed by atoms with Gasteiger partial charge < -0.3 is 4.98 Å². The fraction of sp³-hybridized carbons (Fsp3) is 0.545. The second kappa shape index (κ2) is 5.53. The Morgan fingerprint density at radius 2 is 2.50 bits per heavy atom. The topological polar surface area (TPSA) is 79.2 Å². The van der Waals surface area contributed by atoms with Crippen molar-refractivity contribution in [3.8, 4) is 0 Å². The van der Waals surface area contributed by atoms with Crippen LogP contribution in [-0.4, -0.2) is 51.2 Å². The van der Waals surface area contributed by atoms with E-state index in [2.05, 4.69) is 16.8 Å². The van der Waals surface area contributed by atoms with E-state index in [4.69, 9.17) is 0 Å². The Bertz CT molecular complexity index is 460. The van der Waals surface area contributed by atoms with Gasteiger partial charge in [-0.2, -0.15) is 11.8 Å². The van der Waals surface area contributed by atoms with Crippen LogP contribution in [-0.2, 0) is 0 Å². The van der Waals surface area contributed by atoms with Crippen LogP contribution in [0.1, 0.15) is 17.4 Å². The summed E-state index contributed by atoms with van der Waals surface area (Å²) in [5, 5.41) is 10.5. The average Bonchev–Trinajstić information content (AvgIpc) is 2.81. The van der Waals surface area contributed by atoms with Crippen LogP contribution in [0.5, 0.6) is 0 Å². The monoisotopic (exact) mass is 269 g/mol. The molecule has 0 aromatic carbocycles. The molecule has 1 atom stereocenters. The number of nitro groups is 1. The standard InChI is InChI=1S/C11H15N3O3S/c1-8-7-18-3-2-13(8)6-11(15)10-4-9(5-12-10)14(16)17/h4-5,8,12H,2-3,6-7H2,1H3. The molecule has 18 heavy (non-hydrogen) atoms. The van der Waals surface area contributed by atoms with Crippen molar-refractivity contribution in [3.63, 3.8) is 0 Å². The molecule has 0 saturated carbocycles. The van der Waals surface area contributed by atoms with Crippen LogP contribution in [0.2, 0.25) is 0 Å². The van der Waals surface area contributed by atoms with Crippen molar-refractivity contribution in [2.45, 2.75) is 13.0 Å². The zero-order chi connectivity index (χ0) is 13.1. The molecule has 0 aliphatic carbocycles. The van der Waals surface area contributed by atoms with Gasteiger partial charge in [0.2, 0.25) is 0 Å². The predicted molar refractivity (Wildman–Crippen MR) is 70.1 cm³/mol. The number of aromatic amines is 1. The van der Waals surface area contributed by atoms with Gasteiger partial charge in [-0.05, 0) is 6.92 Å². The number of carbonyl (C=O) groups is 1. The van der Waals surface area contributed by atoms with Gasteiger partial charge in [-0.15, -0.1) is 0 Å². The summed E-state index contributed by atoms with van der Waals surface area (Å²) in [4.78, 5) is 26.8. The molecule has 1 unspecified atom stereocenters. The van der Waals surface area contributed by atoms with Gasteiger partial charge in [0, 0.05) is 30.2 Å². The first-order chi connectivity index (χ1) is 8.58. The summed E-state index contributed by atoms with van der Waals surface area (Å²) in [6, 6.07) is 1.67. The van der Waals surface area contributed by atoms with Gasteiger partial charge in [0.15, 0.2) is 5.78 Å². The molecule has 7 heteroatoms. The minimum absolute atomic E-state index is 0.0689. The average molecular weight is 269 g/mol. The minimum Gasteiger partial charge on any atom is -0.353 e. The molecule has 0 radical (unpaired) electrons. The second-order valence-corrected chi connectivity index (χ2v) is 5.50. The number of thioether (sulfide) groups is 1. The van der Waals surface area contributed by atoms with Crippen molar-refractivity contribution in [1.29, 1.82) is 0 Å². The summed E-state index contributed by atoms with van der Waals surface area (Å²) < 4.78 is 0. The lowest BCUT2D eigenvalue weighted by Gasteiger charge is -2.32. The largest absolute Gasteiger partial charge is 0.353 e. The van der Waals surface area contributed by atoms with Crippen molar-refractivity contribution in [3.05, 3.63) is 28.1 Å². The van der Waals surface area contributed by atoms with Crippen LogP contribution in [0.3, 0.4) is 0 Å². The molecule has 1 N–H and O–H groups in total. The van der Waals surface area contributed by atoms with Crippen molar-refractivity contribution in [1.82, 2.24) is 9.88 Å². The van der Waals surface area contributed by atoms with Crippen LogP contribution in [0.25, 0.3) is 0 Å². The molecule has 1 aliphatic heterocycles. The van der Waals surface area contributed by atoms with Crippen LogP contribution >= 0.6 is 11.8 Å². The first kappa shape index (κ1) is 13.1. The van der Waals surface area contributed by atoms with Crippen molar-refractivity contribution in [2.24, 2.45) is 0 Å². The summed E-state index contributed by atoms with van der Waals surface area (Å²) in [5.41, 5.74) is 0.243. The number of H-pyrrole nitrogens is 1. The molecule has 0 amide bonds. The number of hydrogen-bond acceptors (Lipinski definition) is 5. The molecule has 1 aromatic rings. The summed E-state index contributed by atoms with van der Waals surface area (Å²) in [6.45, 7) is 3.30. The Morgan fingerprint density at radius 1 is 1.72 bits per heavy atom. The van der Waals surface area contributed by atoms with Crippen molar-refractivity contribution < 1.29 is 9.72 Å². The van der Waals surface area contributed by atoms with Gasteiger partial charge in [-0.3, -0.25) is 19.8 Å². The fourth-order valence-corrected chi connectivity index (χ4v) is 3.00. The lowest BCUT2D eigenvalue weighted by Crippen LogP contribution is -2.43. The van der Waals surface area contributed by atoms with Gasteiger partial charge in [0.25, 0.3) is 5.69 Å². The third-order valence-electron chi connectivity index (χ3n) is 3.03. The Kier molecular flexibility index (Phi) is 4.03. The lowest BCUT2D eigenvalue weighted by atomic mass is 10.2. The lowest BCUT2D eigenvalue weighted by molar-refractivity contribution is -0.384. The molecule has 2 heterocycles. The number of aromatic nitrogens is 1. The van der Waals surface area contributed by atoms with Crippen LogP contribution in [0.15, 0.2) is 12.3 Å². The maximum Gasteiger partial charge on any atom is 0.287 e. The molecule has 98 valence electrons. The van der Waals surface area contributed by atoms with E-state index in [9.17, 15) is 14.9 Å². The molecule has 1 aromatic heterocycles. The normalized spacial score (nSPS) is 20.8. The van der Waals surface area contributed by atoms with Crippen molar-refractivity contribution >= 4 is 23.2 Å². The van der Waals surface area contributed by atoms with E-state index >= 15 is 0 Å². The highest BCUT2D eigenvalue weighted by molar-refractivity contribution is 7.99. The summed E-state index contributed by atoms with van der Waals surface area (Å²) >= 11 is 1.89. The number of ketones is 1. The van der Waals surface area contributed by atoms with Crippen LogP contribution in [0.4, 0.5) is 5.69 Å². The molecule has 1 saturated heterocycles. The molecule has 1 aliphatic rings. The Morgan fingerprint density at radius 3 is 3.11 bits per heavy atom. The molecule has 2 rings (SSSR count). The fourth-order valence-electron chi connectivity index (χ4n) is 1.92. The highest BCUT2D eigenvalue weighted by Gasteiger charge is 2.23. The predicted octanol–water partition coefficient (Wildman–Crippen LogP) is 1.54. The highest BCUT2D eigenvalue weighted by Crippen LogP contribution is 2.17. The molecular weight excluding hydrogens is 254 g/mol. The van der Waals surface area contributed by atoms with Crippen LogP contribution < -0.4 is 0 Å². The minimum atomic E-state index is -0.507. The van der Waals surface area contributed by atoms with E-state index in [0.29, 0.717) is 18.3 Å². The molecule has 6 nitrogen and oxygen atoms in total. The maximum atomic E-state index is 12.0. The van der Waals surface area contributed by atoms with E-state index in [-0.39, 0.29) is 11.5 Å². The zero-order valence-electron chi connectivity index (χ0n) is 10.1. The van der Waals surface area contributed by atoms with E-state index in [0.717, 1.165) is 18.1 Å². The van der Waals surface area contributed by atoms with Gasteiger partial charge in [0.1, 0.15) is 0 Å². The number of rotatable bonds is 4. The summed E-state index contributed by atoms with van der Waals surface area (Å²) in [6.07, 6.45) is 1.25. The van der Waals surface area contributed by atoms with Crippen LogP contribution in [0, 0.1) is 10.1 Å². The SMILES string of the molecule is CC1CSCCN1CC(=O)c1cc([N+](=O)[O-])c[nH]1. The number of Topliss-reactive ketones (excluding diaryl/α,β-unsaturated/α-hetero) is 1. The zero-order valence-corrected chi connectivity index (χ0v) is 10.9. The number of nitrogens with zero attached hydrogens (tertiary/aromatic N) is 2. The Labute approximate surface area is 109 Å². The van der Waals surface area contributed by atoms with E-state index < -0.39 is 4.92 Å². The molecular formula is C11H15N3O3S. The third-order valence-corrected chi connectivity index (χ3v) is 4.22. The van der Waals surface area contributed by atoms with Gasteiger partial charge >= 0.3 is 0 Å². The molecule has 0 spiro atoms. The smallest absolute Gasteiger partial charge is 0.287 e. The third kappa shape index (κ3) is 2.91. The van der Waals surface area contributed by atoms with Gasteiger partial charge in [-0.1, -0.05) is 0 Å². The Balaban J connectivity index is 2.00. The number of carbonyl (C=O) groups excluding carboxylic acids is 1. The highest BCUT2D eigenvalue weighted by atomic mass is 32.2. The number of hydrogen-bond donors (Lipinski definition) is 1. The quantitative estimate of drug-likeness (QED) is 0.509. The van der Waals surface area contributed by atoms with E-state index in [1.165, 1.54) is 12.3 Å². The second-order valence-electron chi connectivity index (χ2n) is 4.35. The summed E-state index contributed by atoms with van der Waals surface area (Å²) in [5.74, 6) is 1.96. The van der Waals surface area contributed by atoms with Gasteiger partial charge in [-0.25, -0.2) is 0 Å². The molecule has 1 fully saturated rings. The van der Waals surface area contributed by atoms with Gasteiger partial charge in [0.05, 0.1) is 23.4 Å². The summed E-state index contributed by atoms with van der Waals surface area (Å²) in [7, 11) is 0. The number of nitrogens with one attached hydrogen (secondary N) is 1. The van der Waals surface area contributed by atoms with E-state index in [1.807, 2.05) is 11.8 Å².